The van der Waals surface area contributed by atoms with E-state index in [0.29, 0.717) is 20.3 Å². The Bertz CT molecular complexity index is 490. The molecule has 0 atom stereocenters. The van der Waals surface area contributed by atoms with Crippen LogP contribution in [0.3, 0.4) is 0 Å². The van der Waals surface area contributed by atoms with Gasteiger partial charge in [-0.25, -0.2) is 23.3 Å². The maximum atomic E-state index is 3.30. The third-order valence-corrected chi connectivity index (χ3v) is 6.82. The van der Waals surface area contributed by atoms with Crippen molar-refractivity contribution in [3.8, 4) is 0 Å². The zero-order valence-corrected chi connectivity index (χ0v) is 24.0. The van der Waals surface area contributed by atoms with Crippen LogP contribution in [0.1, 0.15) is 74.7 Å². The molecule has 0 amide bonds. The molecule has 0 radical (unpaired) electrons. The topological polar surface area (TPSA) is 0 Å². The summed E-state index contributed by atoms with van der Waals surface area (Å²) in [6.07, 6.45) is 14.7. The molecule has 0 nitrogen and oxygen atoms in total. The van der Waals surface area contributed by atoms with E-state index in [-0.39, 0.29) is 51.0 Å². The molecule has 2 aliphatic carbocycles. The van der Waals surface area contributed by atoms with E-state index in [1.807, 2.05) is 0 Å². The van der Waals surface area contributed by atoms with Crippen LogP contribution >= 0.6 is 0 Å². The molecular formula is C23H38Cl2SiZr. The quantitative estimate of drug-likeness (QED) is 0.335. The van der Waals surface area contributed by atoms with Gasteiger partial charge < -0.3 is 24.8 Å². The minimum absolute atomic E-state index is 0. The van der Waals surface area contributed by atoms with Crippen molar-refractivity contribution in [2.24, 2.45) is 10.8 Å². The second-order valence-corrected chi connectivity index (χ2v) is 11.4. The second kappa shape index (κ2) is 14.6. The summed E-state index contributed by atoms with van der Waals surface area (Å²) in [4.78, 5) is 0. The molecule has 0 aromatic carbocycles. The number of allylic oxidation sites excluding steroid dienone is 8. The maximum Gasteiger partial charge on any atom is 4.00 e. The fourth-order valence-electron chi connectivity index (χ4n) is 2.41. The van der Waals surface area contributed by atoms with Gasteiger partial charge in [-0.05, 0) is 10.8 Å². The molecule has 0 aromatic heterocycles. The largest absolute Gasteiger partial charge is 4.00 e. The fraction of sp³-hybridized carbons (Fsp3) is 0.652. The van der Waals surface area contributed by atoms with Gasteiger partial charge in [-0.2, -0.15) is 11.1 Å². The molecule has 0 bridgehead atoms. The van der Waals surface area contributed by atoms with E-state index < -0.39 is 0 Å². The molecule has 1 aliphatic heterocycles. The summed E-state index contributed by atoms with van der Waals surface area (Å²) in [6, 6.07) is 3.28. The monoisotopic (exact) mass is 502 g/mol. The summed E-state index contributed by atoms with van der Waals surface area (Å²) in [5.41, 5.74) is 6.28. The van der Waals surface area contributed by atoms with Gasteiger partial charge in [-0.1, -0.05) is 73.9 Å². The molecule has 0 aromatic rings. The summed E-state index contributed by atoms with van der Waals surface area (Å²) in [5.74, 6) is 0. The van der Waals surface area contributed by atoms with Gasteiger partial charge in [-0.15, -0.1) is 12.8 Å². The molecule has 0 saturated carbocycles. The molecule has 0 spiro atoms. The van der Waals surface area contributed by atoms with Gasteiger partial charge in [0.1, 0.15) is 0 Å². The SMILES string of the molecule is C1C[SiH2]C1.CC1=[C-]CC(C(C)(C)C)=C1.CC1=[C-]CC(C(C)(C)C)=C1.[Cl-].[Cl-].[Zr+4]. The molecular weight excluding hydrogens is 466 g/mol. The molecule has 0 unspecified atom stereocenters. The third kappa shape index (κ3) is 13.5. The van der Waals surface area contributed by atoms with Crippen LogP contribution in [0.5, 0.6) is 0 Å². The molecule has 152 valence electrons. The first-order chi connectivity index (χ1) is 11.0. The first-order valence-corrected chi connectivity index (χ1v) is 11.6. The van der Waals surface area contributed by atoms with E-state index in [0.717, 1.165) is 12.8 Å². The van der Waals surface area contributed by atoms with Crippen molar-refractivity contribution in [1.82, 2.24) is 0 Å². The molecule has 1 heterocycles. The molecule has 3 aliphatic rings. The summed E-state index contributed by atoms with van der Waals surface area (Å²) in [6.45, 7) is 17.7. The average molecular weight is 505 g/mol. The standard InChI is InChI=1S/2C10H15.C3H8Si.2ClH.Zr/c2*1-8-5-6-9(7-8)10(2,3)4;1-2-4-3-1;;;/h2*7H,6H2,1-4H3;1-4H2;2*1H;/q2*-1;;;;+4/p-2. The first kappa shape index (κ1) is 32.3. The maximum absolute atomic E-state index is 3.30. The Morgan fingerprint density at radius 2 is 1.00 bits per heavy atom. The summed E-state index contributed by atoms with van der Waals surface area (Å²) >= 11 is 0. The van der Waals surface area contributed by atoms with Gasteiger partial charge in [0.25, 0.3) is 0 Å². The Hall–Kier alpha value is 0.640. The Morgan fingerprint density at radius 1 is 0.741 bits per heavy atom. The normalized spacial score (nSPS) is 17.5. The molecule has 27 heavy (non-hydrogen) atoms. The molecule has 1 fully saturated rings. The molecule has 3 rings (SSSR count). The Morgan fingerprint density at radius 3 is 1.07 bits per heavy atom. The molecule has 1 saturated heterocycles. The predicted octanol–water partition coefficient (Wildman–Crippen LogP) is 0.625. The first-order valence-electron chi connectivity index (χ1n) is 9.57. The van der Waals surface area contributed by atoms with Crippen molar-refractivity contribution >= 4 is 9.52 Å². The van der Waals surface area contributed by atoms with E-state index in [1.165, 1.54) is 22.3 Å². The fourth-order valence-corrected chi connectivity index (χ4v) is 2.91. The molecule has 0 N–H and O–H groups in total. The van der Waals surface area contributed by atoms with Gasteiger partial charge >= 0.3 is 26.2 Å². The smallest absolute Gasteiger partial charge is 1.00 e. The Kier molecular flexibility index (Phi) is 17.5. The Labute approximate surface area is 203 Å². The van der Waals surface area contributed by atoms with Gasteiger partial charge in [0.05, 0.1) is 0 Å². The van der Waals surface area contributed by atoms with E-state index in [1.54, 1.807) is 18.5 Å². The number of hydrogen-bond acceptors (Lipinski definition) is 0. The zero-order chi connectivity index (χ0) is 18.4. The van der Waals surface area contributed by atoms with Crippen LogP contribution < -0.4 is 24.8 Å². The zero-order valence-electron chi connectivity index (χ0n) is 18.7. The Balaban J connectivity index is -0.000000324. The van der Waals surface area contributed by atoms with Gasteiger partial charge in [0, 0.05) is 9.52 Å². The van der Waals surface area contributed by atoms with Crippen LogP contribution in [0.2, 0.25) is 12.1 Å². The van der Waals surface area contributed by atoms with Crippen molar-refractivity contribution in [2.45, 2.75) is 86.7 Å². The van der Waals surface area contributed by atoms with Crippen LogP contribution in [-0.2, 0) is 26.2 Å². The van der Waals surface area contributed by atoms with E-state index in [2.05, 4.69) is 79.7 Å². The van der Waals surface area contributed by atoms with Crippen molar-refractivity contribution in [1.29, 1.82) is 0 Å². The molecule has 4 heteroatoms. The third-order valence-electron chi connectivity index (χ3n) is 4.82. The summed E-state index contributed by atoms with van der Waals surface area (Å²) in [5, 5.41) is 0. The number of halogens is 2. The van der Waals surface area contributed by atoms with E-state index >= 15 is 0 Å². The van der Waals surface area contributed by atoms with Crippen LogP contribution in [0, 0.1) is 23.0 Å². The van der Waals surface area contributed by atoms with Gasteiger partial charge in [0.2, 0.25) is 0 Å². The van der Waals surface area contributed by atoms with E-state index in [4.69, 9.17) is 0 Å². The number of rotatable bonds is 0. The van der Waals surface area contributed by atoms with E-state index in [9.17, 15) is 0 Å². The van der Waals surface area contributed by atoms with Crippen LogP contribution in [-0.4, -0.2) is 9.52 Å². The second-order valence-electron chi connectivity index (χ2n) is 9.33. The predicted molar refractivity (Wildman–Crippen MR) is 112 cm³/mol. The van der Waals surface area contributed by atoms with Crippen LogP contribution in [0.15, 0.2) is 34.4 Å². The summed E-state index contributed by atoms with van der Waals surface area (Å²) in [7, 11) is 0.605. The summed E-state index contributed by atoms with van der Waals surface area (Å²) < 4.78 is 0. The minimum Gasteiger partial charge on any atom is -1.00 e. The van der Waals surface area contributed by atoms with Crippen molar-refractivity contribution in [3.05, 3.63) is 46.6 Å². The van der Waals surface area contributed by atoms with Crippen LogP contribution in [0.4, 0.5) is 0 Å². The van der Waals surface area contributed by atoms with Crippen molar-refractivity contribution in [3.63, 3.8) is 0 Å². The van der Waals surface area contributed by atoms with Crippen molar-refractivity contribution in [2.75, 3.05) is 0 Å². The van der Waals surface area contributed by atoms with Crippen molar-refractivity contribution < 1.29 is 51.0 Å². The number of hydrogen-bond donors (Lipinski definition) is 0. The van der Waals surface area contributed by atoms with Gasteiger partial charge in [-0.3, -0.25) is 12.2 Å². The average Bonchev–Trinajstić information content (AvgIpc) is 2.95. The van der Waals surface area contributed by atoms with Crippen LogP contribution in [0.25, 0.3) is 0 Å². The van der Waals surface area contributed by atoms with Gasteiger partial charge in [0.15, 0.2) is 0 Å². The minimum atomic E-state index is 0.